The molecule has 0 aromatic heterocycles. The molecule has 1 aromatic carbocycles. The van der Waals surface area contributed by atoms with Crippen LogP contribution in [-0.4, -0.2) is 49.0 Å². The molecule has 1 atom stereocenters. The zero-order chi connectivity index (χ0) is 19.5. The highest BCUT2D eigenvalue weighted by atomic mass is 16.5. The van der Waals surface area contributed by atoms with Crippen LogP contribution in [0, 0.1) is 5.92 Å². The molecular formula is C20H29N3O4. The lowest BCUT2D eigenvalue weighted by atomic mass is 9.98. The third kappa shape index (κ3) is 7.29. The molecule has 2 rings (SSSR count). The van der Waals surface area contributed by atoms with Crippen molar-refractivity contribution < 1.29 is 19.1 Å². The summed E-state index contributed by atoms with van der Waals surface area (Å²) >= 11 is 0. The summed E-state index contributed by atoms with van der Waals surface area (Å²) in [5.41, 5.74) is 0.715. The van der Waals surface area contributed by atoms with Gasteiger partial charge >= 0.3 is 12.0 Å². The molecule has 0 bridgehead atoms. The molecular weight excluding hydrogens is 346 g/mol. The zero-order valence-corrected chi connectivity index (χ0v) is 15.9. The van der Waals surface area contributed by atoms with Crippen LogP contribution in [0.2, 0.25) is 0 Å². The molecule has 3 amide bonds. The van der Waals surface area contributed by atoms with E-state index in [9.17, 15) is 14.4 Å². The second kappa shape index (κ2) is 11.2. The number of esters is 1. The summed E-state index contributed by atoms with van der Waals surface area (Å²) in [5.74, 6) is -1.10. The lowest BCUT2D eigenvalue weighted by Gasteiger charge is -2.31. The van der Waals surface area contributed by atoms with E-state index in [1.165, 1.54) is 0 Å². The maximum absolute atomic E-state index is 12.4. The standard InChI is InChI=1S/C20H29N3O4/c1-2-3-7-12-21-18(24)15-27-19(25)16-9-8-13-23(14-16)20(26)22-17-10-5-4-6-11-17/h4-6,10-11,16H,2-3,7-9,12-15H2,1H3,(H,21,24)(H,22,26). The number of carbonyl (C=O) groups is 3. The number of nitrogens with one attached hydrogen (secondary N) is 2. The van der Waals surface area contributed by atoms with Gasteiger partial charge in [0.1, 0.15) is 0 Å². The maximum atomic E-state index is 12.4. The molecule has 0 aliphatic carbocycles. The minimum Gasteiger partial charge on any atom is -0.455 e. The van der Waals surface area contributed by atoms with Crippen molar-refractivity contribution in [1.82, 2.24) is 10.2 Å². The average molecular weight is 375 g/mol. The van der Waals surface area contributed by atoms with Crippen molar-refractivity contribution in [2.24, 2.45) is 5.92 Å². The van der Waals surface area contributed by atoms with Crippen molar-refractivity contribution in [3.05, 3.63) is 30.3 Å². The van der Waals surface area contributed by atoms with E-state index in [4.69, 9.17) is 4.74 Å². The highest BCUT2D eigenvalue weighted by Gasteiger charge is 2.29. The lowest BCUT2D eigenvalue weighted by Crippen LogP contribution is -2.45. The van der Waals surface area contributed by atoms with Gasteiger partial charge in [-0.2, -0.15) is 0 Å². The summed E-state index contributed by atoms with van der Waals surface area (Å²) in [6.07, 6.45) is 4.45. The summed E-state index contributed by atoms with van der Waals surface area (Å²) in [5, 5.41) is 5.56. The Bertz CT molecular complexity index is 621. The molecule has 7 heteroatoms. The van der Waals surface area contributed by atoms with E-state index in [2.05, 4.69) is 17.6 Å². The van der Waals surface area contributed by atoms with Crippen LogP contribution >= 0.6 is 0 Å². The van der Waals surface area contributed by atoms with Gasteiger partial charge in [-0.25, -0.2) is 4.79 Å². The van der Waals surface area contributed by atoms with Gasteiger partial charge in [0.25, 0.3) is 5.91 Å². The van der Waals surface area contributed by atoms with Crippen LogP contribution in [-0.2, 0) is 14.3 Å². The number of hydrogen-bond donors (Lipinski definition) is 2. The molecule has 1 heterocycles. The minimum absolute atomic E-state index is 0.229. The van der Waals surface area contributed by atoms with Crippen LogP contribution in [0.5, 0.6) is 0 Å². The van der Waals surface area contributed by atoms with Gasteiger partial charge in [0.15, 0.2) is 6.61 Å². The van der Waals surface area contributed by atoms with Gasteiger partial charge < -0.3 is 20.3 Å². The van der Waals surface area contributed by atoms with Gasteiger partial charge in [0.2, 0.25) is 0 Å². The van der Waals surface area contributed by atoms with Crippen LogP contribution in [0.1, 0.15) is 39.0 Å². The van der Waals surface area contributed by atoms with Crippen molar-refractivity contribution in [3.8, 4) is 0 Å². The number of hydrogen-bond acceptors (Lipinski definition) is 4. The molecule has 2 N–H and O–H groups in total. The fourth-order valence-corrected chi connectivity index (χ4v) is 2.99. The van der Waals surface area contributed by atoms with E-state index in [0.29, 0.717) is 31.7 Å². The van der Waals surface area contributed by atoms with E-state index < -0.39 is 11.9 Å². The SMILES string of the molecule is CCCCCNC(=O)COC(=O)C1CCCN(C(=O)Nc2ccccc2)C1. The highest BCUT2D eigenvalue weighted by molar-refractivity contribution is 5.90. The number of nitrogens with zero attached hydrogens (tertiary/aromatic N) is 1. The van der Waals surface area contributed by atoms with Gasteiger partial charge in [-0.05, 0) is 31.4 Å². The Hall–Kier alpha value is -2.57. The fraction of sp³-hybridized carbons (Fsp3) is 0.550. The number of unbranched alkanes of at least 4 members (excludes halogenated alkanes) is 2. The normalized spacial score (nSPS) is 16.5. The van der Waals surface area contributed by atoms with Crippen LogP contribution in [0.3, 0.4) is 0 Å². The Labute approximate surface area is 160 Å². The molecule has 27 heavy (non-hydrogen) atoms. The summed E-state index contributed by atoms with van der Waals surface area (Å²) in [6, 6.07) is 8.97. The monoisotopic (exact) mass is 375 g/mol. The Morgan fingerprint density at radius 3 is 2.70 bits per heavy atom. The number of likely N-dealkylation sites (tertiary alicyclic amines) is 1. The molecule has 0 spiro atoms. The Balaban J connectivity index is 1.73. The first-order chi connectivity index (χ1) is 13.1. The molecule has 1 fully saturated rings. The van der Waals surface area contributed by atoms with Crippen LogP contribution in [0.4, 0.5) is 10.5 Å². The molecule has 1 saturated heterocycles. The quantitative estimate of drug-likeness (QED) is 0.540. The van der Waals surface area contributed by atoms with Gasteiger partial charge in [-0.3, -0.25) is 9.59 Å². The minimum atomic E-state index is -0.420. The molecule has 1 aromatic rings. The summed E-state index contributed by atoms with van der Waals surface area (Å²) < 4.78 is 5.14. The van der Waals surface area contributed by atoms with E-state index in [-0.39, 0.29) is 18.5 Å². The number of carbonyl (C=O) groups excluding carboxylic acids is 3. The topological polar surface area (TPSA) is 87.7 Å². The average Bonchev–Trinajstić information content (AvgIpc) is 2.70. The van der Waals surface area contributed by atoms with E-state index in [0.717, 1.165) is 25.7 Å². The third-order valence-electron chi connectivity index (χ3n) is 4.52. The van der Waals surface area contributed by atoms with Crippen molar-refractivity contribution in [1.29, 1.82) is 0 Å². The molecule has 148 valence electrons. The number of urea groups is 1. The molecule has 1 unspecified atom stereocenters. The van der Waals surface area contributed by atoms with Crippen LogP contribution in [0.25, 0.3) is 0 Å². The molecule has 0 saturated carbocycles. The highest BCUT2D eigenvalue weighted by Crippen LogP contribution is 2.19. The Morgan fingerprint density at radius 1 is 1.19 bits per heavy atom. The predicted octanol–water partition coefficient (Wildman–Crippen LogP) is 2.78. The fourth-order valence-electron chi connectivity index (χ4n) is 2.99. The van der Waals surface area contributed by atoms with E-state index in [1.54, 1.807) is 4.90 Å². The summed E-state index contributed by atoms with van der Waals surface area (Å²) in [4.78, 5) is 37.9. The van der Waals surface area contributed by atoms with E-state index in [1.807, 2.05) is 30.3 Å². The summed E-state index contributed by atoms with van der Waals surface area (Å²) in [6.45, 7) is 3.33. The van der Waals surface area contributed by atoms with Crippen LogP contribution < -0.4 is 10.6 Å². The van der Waals surface area contributed by atoms with Gasteiger partial charge in [0, 0.05) is 25.3 Å². The first-order valence-electron chi connectivity index (χ1n) is 9.64. The van der Waals surface area contributed by atoms with Crippen molar-refractivity contribution in [2.75, 3.05) is 31.6 Å². The van der Waals surface area contributed by atoms with Crippen molar-refractivity contribution in [3.63, 3.8) is 0 Å². The van der Waals surface area contributed by atoms with E-state index >= 15 is 0 Å². The van der Waals surface area contributed by atoms with Crippen LogP contribution in [0.15, 0.2) is 30.3 Å². The first-order valence-corrected chi connectivity index (χ1v) is 9.64. The maximum Gasteiger partial charge on any atom is 0.321 e. The number of rotatable bonds is 8. The number of anilines is 1. The van der Waals surface area contributed by atoms with Gasteiger partial charge in [0.05, 0.1) is 5.92 Å². The zero-order valence-electron chi connectivity index (χ0n) is 15.9. The van der Waals surface area contributed by atoms with Gasteiger partial charge in [-0.1, -0.05) is 38.0 Å². The second-order valence-corrected chi connectivity index (χ2v) is 6.75. The molecule has 0 radical (unpaired) electrons. The largest absolute Gasteiger partial charge is 0.455 e. The smallest absolute Gasteiger partial charge is 0.321 e. The summed E-state index contributed by atoms with van der Waals surface area (Å²) in [7, 11) is 0. The number of amides is 3. The third-order valence-corrected chi connectivity index (χ3v) is 4.52. The lowest BCUT2D eigenvalue weighted by molar-refractivity contribution is -0.153. The van der Waals surface area contributed by atoms with Crippen molar-refractivity contribution >= 4 is 23.6 Å². The van der Waals surface area contributed by atoms with Gasteiger partial charge in [-0.15, -0.1) is 0 Å². The Kier molecular flexibility index (Phi) is 8.61. The number of ether oxygens (including phenoxy) is 1. The number of para-hydroxylation sites is 1. The molecule has 7 nitrogen and oxygen atoms in total. The number of benzene rings is 1. The molecule has 1 aliphatic rings. The first kappa shape index (κ1) is 20.7. The second-order valence-electron chi connectivity index (χ2n) is 6.75. The Morgan fingerprint density at radius 2 is 1.96 bits per heavy atom. The molecule has 1 aliphatic heterocycles. The van der Waals surface area contributed by atoms with Crippen molar-refractivity contribution in [2.45, 2.75) is 39.0 Å². The number of piperidine rings is 1. The predicted molar refractivity (Wildman–Crippen MR) is 103 cm³/mol.